The summed E-state index contributed by atoms with van der Waals surface area (Å²) in [5.74, 6) is 0.925. The van der Waals surface area contributed by atoms with Crippen molar-refractivity contribution in [3.63, 3.8) is 0 Å². The van der Waals surface area contributed by atoms with Gasteiger partial charge in [0.1, 0.15) is 0 Å². The second kappa shape index (κ2) is 6.69. The van der Waals surface area contributed by atoms with Crippen molar-refractivity contribution in [2.24, 2.45) is 0 Å². The van der Waals surface area contributed by atoms with Gasteiger partial charge in [0.25, 0.3) is 0 Å². The normalized spacial score (nSPS) is 23.1. The molecule has 1 aliphatic carbocycles. The molecule has 1 aromatic heterocycles. The van der Waals surface area contributed by atoms with E-state index in [1.165, 1.54) is 5.56 Å². The highest BCUT2D eigenvalue weighted by Crippen LogP contribution is 2.31. The Hall–Kier alpha value is -2.27. The first-order valence-electron chi connectivity index (χ1n) is 8.59. The summed E-state index contributed by atoms with van der Waals surface area (Å²) in [5.41, 5.74) is 2.72. The highest BCUT2D eigenvalue weighted by atomic mass is 16.5. The predicted octanol–water partition coefficient (Wildman–Crippen LogP) is 2.98. The number of nitrogens with one attached hydrogen (secondary N) is 1. The van der Waals surface area contributed by atoms with Gasteiger partial charge in [-0.3, -0.25) is 4.79 Å². The topological polar surface area (TPSA) is 64.1 Å². The van der Waals surface area contributed by atoms with Crippen molar-refractivity contribution in [3.8, 4) is 0 Å². The molecule has 2 atom stereocenters. The van der Waals surface area contributed by atoms with Crippen LogP contribution in [0.4, 0.5) is 5.95 Å². The van der Waals surface area contributed by atoms with Crippen LogP contribution in [-0.2, 0) is 11.2 Å². The van der Waals surface area contributed by atoms with E-state index in [1.807, 2.05) is 18.2 Å². The van der Waals surface area contributed by atoms with Crippen molar-refractivity contribution in [3.05, 3.63) is 53.3 Å². The molecular weight excluding hydrogens is 302 g/mol. The summed E-state index contributed by atoms with van der Waals surface area (Å²) >= 11 is 0. The number of anilines is 1. The van der Waals surface area contributed by atoms with Gasteiger partial charge in [0.15, 0.2) is 5.78 Å². The Labute approximate surface area is 141 Å². The molecule has 0 radical (unpaired) electrons. The fraction of sp³-hybridized carbons (Fsp3) is 0.421. The van der Waals surface area contributed by atoms with Gasteiger partial charge in [0, 0.05) is 25.8 Å². The number of carbonyl (C=O) groups excluding carboxylic acids is 1. The lowest BCUT2D eigenvalue weighted by Gasteiger charge is -2.23. The van der Waals surface area contributed by atoms with Gasteiger partial charge in [0.2, 0.25) is 5.95 Å². The number of hydrogen-bond donors (Lipinski definition) is 1. The van der Waals surface area contributed by atoms with Crippen molar-refractivity contribution in [1.82, 2.24) is 9.97 Å². The fourth-order valence-electron chi connectivity index (χ4n) is 3.50. The van der Waals surface area contributed by atoms with Crippen molar-refractivity contribution in [2.75, 3.05) is 18.5 Å². The number of fused-ring (bicyclic) bond motifs is 1. The zero-order valence-electron chi connectivity index (χ0n) is 13.6. The molecule has 1 aliphatic heterocycles. The van der Waals surface area contributed by atoms with Gasteiger partial charge in [-0.2, -0.15) is 0 Å². The lowest BCUT2D eigenvalue weighted by molar-refractivity contribution is 0.0962. The Balaban J connectivity index is 1.51. The molecule has 2 aromatic rings. The summed E-state index contributed by atoms with van der Waals surface area (Å²) < 4.78 is 5.61. The number of rotatable bonds is 4. The number of aromatic nitrogens is 2. The molecule has 0 saturated carbocycles. The Morgan fingerprint density at radius 1 is 1.21 bits per heavy atom. The van der Waals surface area contributed by atoms with Gasteiger partial charge in [-0.15, -0.1) is 0 Å². The van der Waals surface area contributed by atoms with Gasteiger partial charge in [-0.1, -0.05) is 30.3 Å². The van der Waals surface area contributed by atoms with E-state index in [1.54, 1.807) is 6.20 Å². The first-order valence-corrected chi connectivity index (χ1v) is 8.59. The van der Waals surface area contributed by atoms with Gasteiger partial charge in [-0.25, -0.2) is 9.97 Å². The Morgan fingerprint density at radius 2 is 2.08 bits per heavy atom. The van der Waals surface area contributed by atoms with E-state index in [2.05, 4.69) is 27.4 Å². The van der Waals surface area contributed by atoms with E-state index in [9.17, 15) is 4.79 Å². The lowest BCUT2D eigenvalue weighted by atomic mass is 9.82. The van der Waals surface area contributed by atoms with E-state index in [-0.39, 0.29) is 17.8 Å². The molecule has 0 bridgehead atoms. The van der Waals surface area contributed by atoms with Crippen LogP contribution in [0.5, 0.6) is 0 Å². The molecule has 124 valence electrons. The van der Waals surface area contributed by atoms with Crippen LogP contribution in [0.25, 0.3) is 0 Å². The third-order valence-corrected chi connectivity index (χ3v) is 4.82. The number of Topliss-reactive ketones (excluding diaryl/α,β-unsaturated/α-hetero) is 1. The second-order valence-electron chi connectivity index (χ2n) is 6.51. The predicted molar refractivity (Wildman–Crippen MR) is 91.3 cm³/mol. The zero-order chi connectivity index (χ0) is 16.4. The number of benzene rings is 1. The molecule has 0 amide bonds. The van der Waals surface area contributed by atoms with Crippen LogP contribution in [0.1, 0.15) is 46.8 Å². The lowest BCUT2D eigenvalue weighted by Crippen LogP contribution is -2.23. The third kappa shape index (κ3) is 3.17. The quantitative estimate of drug-likeness (QED) is 0.937. The Morgan fingerprint density at radius 3 is 2.88 bits per heavy atom. The first-order chi connectivity index (χ1) is 11.8. The summed E-state index contributed by atoms with van der Waals surface area (Å²) in [6.45, 7) is 1.56. The van der Waals surface area contributed by atoms with E-state index < -0.39 is 0 Å². The summed E-state index contributed by atoms with van der Waals surface area (Å²) in [6.07, 6.45) is 5.41. The van der Waals surface area contributed by atoms with Crippen LogP contribution in [0.3, 0.4) is 0 Å². The van der Waals surface area contributed by atoms with Crippen LogP contribution in [0, 0.1) is 0 Å². The molecule has 5 nitrogen and oxygen atoms in total. The molecule has 1 N–H and O–H groups in total. The van der Waals surface area contributed by atoms with Crippen LogP contribution in [0.15, 0.2) is 36.5 Å². The van der Waals surface area contributed by atoms with E-state index in [0.717, 1.165) is 38.1 Å². The van der Waals surface area contributed by atoms with Crippen LogP contribution in [-0.4, -0.2) is 35.0 Å². The molecule has 1 saturated heterocycles. The van der Waals surface area contributed by atoms with Crippen molar-refractivity contribution < 1.29 is 9.53 Å². The van der Waals surface area contributed by atoms with Crippen LogP contribution >= 0.6 is 0 Å². The minimum absolute atomic E-state index is 0.135. The molecule has 2 aliphatic rings. The minimum Gasteiger partial charge on any atom is -0.376 e. The monoisotopic (exact) mass is 323 g/mol. The average Bonchev–Trinajstić information content (AvgIpc) is 3.14. The first kappa shape index (κ1) is 15.3. The zero-order valence-corrected chi connectivity index (χ0v) is 13.6. The smallest absolute Gasteiger partial charge is 0.222 e. The van der Waals surface area contributed by atoms with E-state index >= 15 is 0 Å². The standard InChI is InChI=1S/C19H21N3O2/c23-18-10-14(13-5-2-1-3-6-13)9-17-16(18)12-21-19(22-17)20-11-15-7-4-8-24-15/h1-3,5-6,12,14-15H,4,7-11H2,(H,20,21,22). The maximum atomic E-state index is 12.4. The van der Waals surface area contributed by atoms with Crippen molar-refractivity contribution in [1.29, 1.82) is 0 Å². The number of carbonyl (C=O) groups is 1. The van der Waals surface area contributed by atoms with Gasteiger partial charge in [0.05, 0.1) is 17.4 Å². The fourth-order valence-corrected chi connectivity index (χ4v) is 3.50. The average molecular weight is 323 g/mol. The van der Waals surface area contributed by atoms with Crippen molar-refractivity contribution in [2.45, 2.75) is 37.7 Å². The number of nitrogens with zero attached hydrogens (tertiary/aromatic N) is 2. The van der Waals surface area contributed by atoms with Crippen LogP contribution < -0.4 is 5.32 Å². The van der Waals surface area contributed by atoms with E-state index in [0.29, 0.717) is 17.9 Å². The number of ketones is 1. The third-order valence-electron chi connectivity index (χ3n) is 4.82. The summed E-state index contributed by atoms with van der Waals surface area (Å²) in [4.78, 5) is 21.3. The summed E-state index contributed by atoms with van der Waals surface area (Å²) in [7, 11) is 0. The highest BCUT2D eigenvalue weighted by molar-refractivity contribution is 5.98. The molecule has 4 rings (SSSR count). The summed E-state index contributed by atoms with van der Waals surface area (Å²) in [6, 6.07) is 10.2. The maximum Gasteiger partial charge on any atom is 0.222 e. The van der Waals surface area contributed by atoms with Crippen LogP contribution in [0.2, 0.25) is 0 Å². The minimum atomic E-state index is 0.135. The molecule has 1 aromatic carbocycles. The molecular formula is C19H21N3O2. The second-order valence-corrected chi connectivity index (χ2v) is 6.51. The molecule has 2 heterocycles. The van der Waals surface area contributed by atoms with E-state index in [4.69, 9.17) is 4.74 Å². The summed E-state index contributed by atoms with van der Waals surface area (Å²) in [5, 5.41) is 3.25. The Bertz CT molecular complexity index is 727. The number of hydrogen-bond acceptors (Lipinski definition) is 5. The SMILES string of the molecule is O=C1CC(c2ccccc2)Cc2nc(NCC3CCCO3)ncc21. The highest BCUT2D eigenvalue weighted by Gasteiger charge is 2.28. The van der Waals surface area contributed by atoms with Gasteiger partial charge >= 0.3 is 0 Å². The Kier molecular flexibility index (Phi) is 4.26. The molecule has 5 heteroatoms. The largest absolute Gasteiger partial charge is 0.376 e. The molecule has 24 heavy (non-hydrogen) atoms. The van der Waals surface area contributed by atoms with Crippen molar-refractivity contribution >= 4 is 11.7 Å². The molecule has 2 unspecified atom stereocenters. The number of ether oxygens (including phenoxy) is 1. The van der Waals surface area contributed by atoms with Gasteiger partial charge < -0.3 is 10.1 Å². The molecule has 0 spiro atoms. The maximum absolute atomic E-state index is 12.4. The molecule has 1 fully saturated rings. The van der Waals surface area contributed by atoms with Gasteiger partial charge in [-0.05, 0) is 30.7 Å².